The molecule has 0 fully saturated rings. The molecule has 0 atom stereocenters. The summed E-state index contributed by atoms with van der Waals surface area (Å²) in [4.78, 5) is 0. The molecule has 1 heteroatoms. The lowest BCUT2D eigenvalue weighted by atomic mass is 10.1. The molecule has 0 N–H and O–H groups in total. The highest BCUT2D eigenvalue weighted by atomic mass is 16.5. The van der Waals surface area contributed by atoms with Gasteiger partial charge in [0.1, 0.15) is 12.4 Å². The predicted molar refractivity (Wildman–Crippen MR) is 65.3 cm³/mol. The van der Waals surface area contributed by atoms with Crippen molar-refractivity contribution in [3.63, 3.8) is 0 Å². The summed E-state index contributed by atoms with van der Waals surface area (Å²) < 4.78 is 5.58. The third-order valence-corrected chi connectivity index (χ3v) is 2.11. The van der Waals surface area contributed by atoms with Gasteiger partial charge in [-0.05, 0) is 37.0 Å². The summed E-state index contributed by atoms with van der Waals surface area (Å²) in [5.74, 6) is 1.67. The molecule has 1 nitrogen and oxygen atoms in total. The van der Waals surface area contributed by atoms with Gasteiger partial charge in [-0.15, -0.1) is 0 Å². The molecule has 15 heavy (non-hydrogen) atoms. The molecule has 0 aromatic heterocycles. The molecule has 1 rings (SSSR count). The Balaban J connectivity index is 2.28. The van der Waals surface area contributed by atoms with Crippen LogP contribution in [-0.4, -0.2) is 6.61 Å². The number of ether oxygens (including phenoxy) is 1. The van der Waals surface area contributed by atoms with Crippen LogP contribution in [0.25, 0.3) is 0 Å². The van der Waals surface area contributed by atoms with E-state index in [1.807, 2.05) is 12.1 Å². The maximum atomic E-state index is 5.58. The number of rotatable bonds is 5. The second kappa shape index (κ2) is 6.28. The lowest BCUT2D eigenvalue weighted by molar-refractivity contribution is 0.362. The zero-order valence-corrected chi connectivity index (χ0v) is 9.86. The van der Waals surface area contributed by atoms with Crippen LogP contribution in [0.2, 0.25) is 0 Å². The van der Waals surface area contributed by atoms with Gasteiger partial charge < -0.3 is 4.74 Å². The maximum Gasteiger partial charge on any atom is 0.120 e. The van der Waals surface area contributed by atoms with E-state index in [0.29, 0.717) is 6.61 Å². The fourth-order valence-corrected chi connectivity index (χ4v) is 1.29. The minimum atomic E-state index is 0.663. The van der Waals surface area contributed by atoms with E-state index in [-0.39, 0.29) is 0 Å². The number of benzene rings is 1. The van der Waals surface area contributed by atoms with Crippen molar-refractivity contribution in [1.29, 1.82) is 0 Å². The highest BCUT2D eigenvalue weighted by molar-refractivity contribution is 5.27. The summed E-state index contributed by atoms with van der Waals surface area (Å²) in [6.45, 7) is 7.16. The SMILES string of the molecule is Cc1cccc(OC/C=C\CC(C)C)c1. The lowest BCUT2D eigenvalue weighted by Gasteiger charge is -2.03. The van der Waals surface area contributed by atoms with Gasteiger partial charge in [-0.3, -0.25) is 0 Å². The van der Waals surface area contributed by atoms with Crippen LogP contribution in [0.4, 0.5) is 0 Å². The smallest absolute Gasteiger partial charge is 0.120 e. The number of allylic oxidation sites excluding steroid dienone is 1. The fraction of sp³-hybridized carbons (Fsp3) is 0.429. The van der Waals surface area contributed by atoms with Crippen LogP contribution in [0.3, 0.4) is 0 Å². The Kier molecular flexibility index (Phi) is 4.96. The van der Waals surface area contributed by atoms with E-state index in [4.69, 9.17) is 4.74 Å². The van der Waals surface area contributed by atoms with Crippen molar-refractivity contribution in [3.8, 4) is 5.75 Å². The van der Waals surface area contributed by atoms with Gasteiger partial charge in [0.15, 0.2) is 0 Å². The van der Waals surface area contributed by atoms with Gasteiger partial charge in [0.2, 0.25) is 0 Å². The van der Waals surface area contributed by atoms with Gasteiger partial charge in [-0.2, -0.15) is 0 Å². The standard InChI is InChI=1S/C14H20O/c1-12(2)7-4-5-10-15-14-9-6-8-13(3)11-14/h4-6,8-9,11-12H,7,10H2,1-3H3/b5-4-. The van der Waals surface area contributed by atoms with E-state index in [9.17, 15) is 0 Å². The van der Waals surface area contributed by atoms with E-state index in [2.05, 4.69) is 45.1 Å². The molecule has 0 aliphatic rings. The molecule has 1 aromatic carbocycles. The minimum absolute atomic E-state index is 0.663. The quantitative estimate of drug-likeness (QED) is 0.659. The van der Waals surface area contributed by atoms with Crippen molar-refractivity contribution in [3.05, 3.63) is 42.0 Å². The molecule has 0 aliphatic carbocycles. The molecule has 0 aliphatic heterocycles. The van der Waals surface area contributed by atoms with Crippen LogP contribution < -0.4 is 4.74 Å². The average Bonchev–Trinajstić information content (AvgIpc) is 2.17. The molecule has 0 heterocycles. The van der Waals surface area contributed by atoms with Crippen LogP contribution in [0.1, 0.15) is 25.8 Å². The molecular formula is C14H20O. The monoisotopic (exact) mass is 204 g/mol. The molecule has 0 spiro atoms. The van der Waals surface area contributed by atoms with E-state index >= 15 is 0 Å². The van der Waals surface area contributed by atoms with Crippen molar-refractivity contribution in [2.45, 2.75) is 27.2 Å². The average molecular weight is 204 g/mol. The fourth-order valence-electron chi connectivity index (χ4n) is 1.29. The maximum absolute atomic E-state index is 5.58. The Morgan fingerprint density at radius 3 is 2.73 bits per heavy atom. The van der Waals surface area contributed by atoms with Crippen LogP contribution in [0.15, 0.2) is 36.4 Å². The Labute approximate surface area is 92.8 Å². The van der Waals surface area contributed by atoms with Crippen molar-refractivity contribution in [2.75, 3.05) is 6.61 Å². The number of hydrogen-bond donors (Lipinski definition) is 0. The summed E-state index contributed by atoms with van der Waals surface area (Å²) in [5.41, 5.74) is 1.23. The highest BCUT2D eigenvalue weighted by Gasteiger charge is 1.91. The molecule has 0 saturated heterocycles. The van der Waals surface area contributed by atoms with Crippen LogP contribution in [0, 0.1) is 12.8 Å². The number of aryl methyl sites for hydroxylation is 1. The van der Waals surface area contributed by atoms with E-state index in [1.54, 1.807) is 0 Å². The van der Waals surface area contributed by atoms with Crippen molar-refractivity contribution in [1.82, 2.24) is 0 Å². The molecule has 1 aromatic rings. The van der Waals surface area contributed by atoms with Crippen LogP contribution >= 0.6 is 0 Å². The first-order chi connectivity index (χ1) is 7.18. The van der Waals surface area contributed by atoms with Gasteiger partial charge in [0, 0.05) is 0 Å². The van der Waals surface area contributed by atoms with E-state index in [1.165, 1.54) is 5.56 Å². The summed E-state index contributed by atoms with van der Waals surface area (Å²) >= 11 is 0. The van der Waals surface area contributed by atoms with Crippen LogP contribution in [-0.2, 0) is 0 Å². The molecule has 0 bridgehead atoms. The van der Waals surface area contributed by atoms with Gasteiger partial charge in [0.25, 0.3) is 0 Å². The molecule has 0 radical (unpaired) electrons. The second-order valence-corrected chi connectivity index (χ2v) is 4.23. The lowest BCUT2D eigenvalue weighted by Crippen LogP contribution is -1.93. The minimum Gasteiger partial charge on any atom is -0.490 e. The second-order valence-electron chi connectivity index (χ2n) is 4.23. The van der Waals surface area contributed by atoms with Gasteiger partial charge in [-0.1, -0.05) is 38.1 Å². The molecule has 0 amide bonds. The van der Waals surface area contributed by atoms with Crippen molar-refractivity contribution >= 4 is 0 Å². The normalized spacial score (nSPS) is 11.2. The molecule has 82 valence electrons. The van der Waals surface area contributed by atoms with E-state index < -0.39 is 0 Å². The molecular weight excluding hydrogens is 184 g/mol. The van der Waals surface area contributed by atoms with Crippen LogP contribution in [0.5, 0.6) is 5.75 Å². The topological polar surface area (TPSA) is 9.23 Å². The summed E-state index contributed by atoms with van der Waals surface area (Å²) in [5, 5.41) is 0. The molecule has 0 unspecified atom stereocenters. The highest BCUT2D eigenvalue weighted by Crippen LogP contribution is 2.12. The first-order valence-electron chi connectivity index (χ1n) is 5.53. The largest absolute Gasteiger partial charge is 0.490 e. The third kappa shape index (κ3) is 5.26. The van der Waals surface area contributed by atoms with Crippen molar-refractivity contribution in [2.24, 2.45) is 5.92 Å². The summed E-state index contributed by atoms with van der Waals surface area (Å²) in [7, 11) is 0. The zero-order chi connectivity index (χ0) is 11.1. The zero-order valence-electron chi connectivity index (χ0n) is 9.86. The van der Waals surface area contributed by atoms with Gasteiger partial charge in [0.05, 0.1) is 0 Å². The summed E-state index contributed by atoms with van der Waals surface area (Å²) in [6, 6.07) is 8.13. The third-order valence-electron chi connectivity index (χ3n) is 2.11. The summed E-state index contributed by atoms with van der Waals surface area (Å²) in [6.07, 6.45) is 5.39. The Morgan fingerprint density at radius 1 is 1.27 bits per heavy atom. The Bertz CT molecular complexity index is 313. The predicted octanol–water partition coefficient (Wildman–Crippen LogP) is 3.98. The first-order valence-corrected chi connectivity index (χ1v) is 5.53. The first kappa shape index (κ1) is 11.8. The van der Waals surface area contributed by atoms with E-state index in [0.717, 1.165) is 18.1 Å². The number of hydrogen-bond acceptors (Lipinski definition) is 1. The van der Waals surface area contributed by atoms with Gasteiger partial charge in [-0.25, -0.2) is 0 Å². The van der Waals surface area contributed by atoms with Crippen molar-refractivity contribution < 1.29 is 4.74 Å². The Morgan fingerprint density at radius 2 is 2.07 bits per heavy atom. The Hall–Kier alpha value is -1.24. The van der Waals surface area contributed by atoms with Gasteiger partial charge >= 0.3 is 0 Å². The molecule has 0 saturated carbocycles.